The van der Waals surface area contributed by atoms with Crippen LogP contribution in [0, 0.1) is 11.3 Å². The Bertz CT molecular complexity index is 780. The van der Waals surface area contributed by atoms with Crippen molar-refractivity contribution in [1.29, 1.82) is 5.26 Å². The van der Waals surface area contributed by atoms with Gasteiger partial charge in [0, 0.05) is 24.2 Å². The standard InChI is InChI=1S/C19H18ClN3O2/c1-14(24)23(11-10-15-2-6-17(20)7-3-15)13-19(25)22-18-8-4-16(12-21)5-9-18/h2-9H,10-11,13H2,1H3,(H,22,25). The zero-order valence-electron chi connectivity index (χ0n) is 13.8. The van der Waals surface area contributed by atoms with Crippen molar-refractivity contribution in [2.45, 2.75) is 13.3 Å². The second-order valence-corrected chi connectivity index (χ2v) is 5.99. The Morgan fingerprint density at radius 3 is 2.32 bits per heavy atom. The summed E-state index contributed by atoms with van der Waals surface area (Å²) in [5.41, 5.74) is 2.15. The van der Waals surface area contributed by atoms with E-state index in [1.807, 2.05) is 18.2 Å². The topological polar surface area (TPSA) is 73.2 Å². The molecule has 0 aliphatic rings. The number of nitriles is 1. The number of rotatable bonds is 6. The van der Waals surface area contributed by atoms with E-state index in [-0.39, 0.29) is 18.4 Å². The van der Waals surface area contributed by atoms with Crippen molar-refractivity contribution in [3.63, 3.8) is 0 Å². The maximum atomic E-state index is 12.2. The van der Waals surface area contributed by atoms with E-state index in [4.69, 9.17) is 16.9 Å². The number of nitrogens with zero attached hydrogens (tertiary/aromatic N) is 2. The van der Waals surface area contributed by atoms with Crippen LogP contribution in [0.25, 0.3) is 0 Å². The van der Waals surface area contributed by atoms with Gasteiger partial charge in [-0.05, 0) is 48.4 Å². The second kappa shape index (κ2) is 8.86. The smallest absolute Gasteiger partial charge is 0.243 e. The van der Waals surface area contributed by atoms with Crippen molar-refractivity contribution in [3.8, 4) is 6.07 Å². The largest absolute Gasteiger partial charge is 0.333 e. The van der Waals surface area contributed by atoms with Gasteiger partial charge in [0.1, 0.15) is 0 Å². The zero-order valence-corrected chi connectivity index (χ0v) is 14.6. The maximum absolute atomic E-state index is 12.2. The Hall–Kier alpha value is -2.84. The average molecular weight is 356 g/mol. The predicted molar refractivity (Wildman–Crippen MR) is 97.2 cm³/mol. The van der Waals surface area contributed by atoms with E-state index in [0.29, 0.717) is 29.2 Å². The summed E-state index contributed by atoms with van der Waals surface area (Å²) in [6.07, 6.45) is 0.640. The number of carbonyl (C=O) groups is 2. The Balaban J connectivity index is 1.91. The molecular weight excluding hydrogens is 338 g/mol. The maximum Gasteiger partial charge on any atom is 0.243 e. The lowest BCUT2D eigenvalue weighted by atomic mass is 10.1. The number of carbonyl (C=O) groups excluding carboxylic acids is 2. The van der Waals surface area contributed by atoms with Gasteiger partial charge in [0.15, 0.2) is 0 Å². The molecule has 0 aliphatic carbocycles. The molecule has 2 amide bonds. The molecule has 0 fully saturated rings. The van der Waals surface area contributed by atoms with Crippen molar-refractivity contribution < 1.29 is 9.59 Å². The highest BCUT2D eigenvalue weighted by atomic mass is 35.5. The molecule has 128 valence electrons. The van der Waals surface area contributed by atoms with Gasteiger partial charge in [-0.25, -0.2) is 0 Å². The van der Waals surface area contributed by atoms with E-state index in [1.165, 1.54) is 11.8 Å². The molecule has 6 heteroatoms. The van der Waals surface area contributed by atoms with E-state index >= 15 is 0 Å². The quantitative estimate of drug-likeness (QED) is 0.864. The summed E-state index contributed by atoms with van der Waals surface area (Å²) in [6.45, 7) is 1.86. The minimum atomic E-state index is -0.281. The van der Waals surface area contributed by atoms with Gasteiger partial charge in [-0.2, -0.15) is 5.26 Å². The van der Waals surface area contributed by atoms with Crippen LogP contribution < -0.4 is 5.32 Å². The predicted octanol–water partition coefficient (Wildman–Crippen LogP) is 3.24. The molecule has 0 bridgehead atoms. The third kappa shape index (κ3) is 5.94. The van der Waals surface area contributed by atoms with Crippen LogP contribution in [-0.4, -0.2) is 29.8 Å². The molecule has 25 heavy (non-hydrogen) atoms. The molecule has 0 spiro atoms. The number of hydrogen-bond donors (Lipinski definition) is 1. The van der Waals surface area contributed by atoms with E-state index in [0.717, 1.165) is 5.56 Å². The van der Waals surface area contributed by atoms with E-state index in [1.54, 1.807) is 36.4 Å². The molecule has 0 aromatic heterocycles. The van der Waals surface area contributed by atoms with Gasteiger partial charge in [0.05, 0.1) is 18.2 Å². The molecule has 1 N–H and O–H groups in total. The third-order valence-corrected chi connectivity index (χ3v) is 3.91. The normalized spacial score (nSPS) is 9.96. The van der Waals surface area contributed by atoms with Crippen LogP contribution in [0.4, 0.5) is 5.69 Å². The highest BCUT2D eigenvalue weighted by Gasteiger charge is 2.14. The average Bonchev–Trinajstić information content (AvgIpc) is 2.60. The molecule has 2 aromatic carbocycles. The summed E-state index contributed by atoms with van der Waals surface area (Å²) in [5, 5.41) is 12.2. The number of anilines is 1. The molecule has 0 unspecified atom stereocenters. The van der Waals surface area contributed by atoms with Crippen molar-refractivity contribution in [2.75, 3.05) is 18.4 Å². The van der Waals surface area contributed by atoms with Crippen LogP contribution in [0.1, 0.15) is 18.1 Å². The highest BCUT2D eigenvalue weighted by Crippen LogP contribution is 2.11. The number of nitrogens with one attached hydrogen (secondary N) is 1. The highest BCUT2D eigenvalue weighted by molar-refractivity contribution is 6.30. The molecule has 0 saturated carbocycles. The number of hydrogen-bond acceptors (Lipinski definition) is 3. The third-order valence-electron chi connectivity index (χ3n) is 3.66. The van der Waals surface area contributed by atoms with Crippen molar-refractivity contribution in [3.05, 3.63) is 64.7 Å². The summed E-state index contributed by atoms with van der Waals surface area (Å²) in [4.78, 5) is 25.4. The summed E-state index contributed by atoms with van der Waals surface area (Å²) in [5.74, 6) is -0.444. The molecule has 5 nitrogen and oxygen atoms in total. The van der Waals surface area contributed by atoms with E-state index in [2.05, 4.69) is 5.32 Å². The first kappa shape index (κ1) is 18.5. The number of benzene rings is 2. The van der Waals surface area contributed by atoms with E-state index < -0.39 is 0 Å². The Morgan fingerprint density at radius 1 is 1.12 bits per heavy atom. The minimum Gasteiger partial charge on any atom is -0.333 e. The Morgan fingerprint density at radius 2 is 1.76 bits per heavy atom. The van der Waals surface area contributed by atoms with Crippen LogP contribution >= 0.6 is 11.6 Å². The SMILES string of the molecule is CC(=O)N(CCc1ccc(Cl)cc1)CC(=O)Nc1ccc(C#N)cc1. The fourth-order valence-electron chi connectivity index (χ4n) is 2.26. The molecule has 0 radical (unpaired) electrons. The minimum absolute atomic E-state index is 0.0249. The molecule has 0 aliphatic heterocycles. The lowest BCUT2D eigenvalue weighted by Gasteiger charge is -2.20. The summed E-state index contributed by atoms with van der Waals surface area (Å²) in [6, 6.07) is 16.0. The first-order chi connectivity index (χ1) is 12.0. The number of amides is 2. The van der Waals surface area contributed by atoms with Crippen LogP contribution in [0.2, 0.25) is 5.02 Å². The summed E-state index contributed by atoms with van der Waals surface area (Å²) >= 11 is 5.85. The lowest BCUT2D eigenvalue weighted by molar-refractivity contribution is -0.132. The van der Waals surface area contributed by atoms with Gasteiger partial charge in [0.2, 0.25) is 11.8 Å². The molecule has 2 rings (SSSR count). The summed E-state index contributed by atoms with van der Waals surface area (Å²) < 4.78 is 0. The van der Waals surface area contributed by atoms with Crippen LogP contribution in [0.15, 0.2) is 48.5 Å². The van der Waals surface area contributed by atoms with Crippen molar-refractivity contribution in [1.82, 2.24) is 4.90 Å². The van der Waals surface area contributed by atoms with Crippen LogP contribution in [0.5, 0.6) is 0 Å². The zero-order chi connectivity index (χ0) is 18.2. The first-order valence-corrected chi connectivity index (χ1v) is 8.15. The van der Waals surface area contributed by atoms with Gasteiger partial charge < -0.3 is 10.2 Å². The van der Waals surface area contributed by atoms with Gasteiger partial charge >= 0.3 is 0 Å². The van der Waals surface area contributed by atoms with Gasteiger partial charge in [-0.15, -0.1) is 0 Å². The van der Waals surface area contributed by atoms with Gasteiger partial charge in [-0.3, -0.25) is 9.59 Å². The van der Waals surface area contributed by atoms with Crippen LogP contribution in [-0.2, 0) is 16.0 Å². The van der Waals surface area contributed by atoms with Crippen molar-refractivity contribution in [2.24, 2.45) is 0 Å². The fraction of sp³-hybridized carbons (Fsp3) is 0.211. The number of halogens is 1. The second-order valence-electron chi connectivity index (χ2n) is 5.55. The Kier molecular flexibility index (Phi) is 6.55. The summed E-state index contributed by atoms with van der Waals surface area (Å²) in [7, 11) is 0. The molecule has 0 saturated heterocycles. The van der Waals surface area contributed by atoms with Gasteiger partial charge in [-0.1, -0.05) is 23.7 Å². The van der Waals surface area contributed by atoms with Crippen LogP contribution in [0.3, 0.4) is 0 Å². The molecule has 2 aromatic rings. The Labute approximate surface area is 151 Å². The van der Waals surface area contributed by atoms with Crippen molar-refractivity contribution >= 4 is 29.1 Å². The molecule has 0 atom stereocenters. The monoisotopic (exact) mass is 355 g/mol. The fourth-order valence-corrected chi connectivity index (χ4v) is 2.39. The van der Waals surface area contributed by atoms with Gasteiger partial charge in [0.25, 0.3) is 0 Å². The van der Waals surface area contributed by atoms with E-state index in [9.17, 15) is 9.59 Å². The lowest BCUT2D eigenvalue weighted by Crippen LogP contribution is -2.38. The first-order valence-electron chi connectivity index (χ1n) is 7.78. The molecule has 0 heterocycles. The molecular formula is C19H18ClN3O2.